The predicted molar refractivity (Wildman–Crippen MR) is 105 cm³/mol. The molecule has 0 bridgehead atoms. The molecule has 2 aromatic carbocycles. The lowest BCUT2D eigenvalue weighted by Gasteiger charge is -2.21. The van der Waals surface area contributed by atoms with Crippen molar-refractivity contribution >= 4 is 11.6 Å². The molecule has 0 saturated heterocycles. The molecule has 0 unspecified atom stereocenters. The van der Waals surface area contributed by atoms with Gasteiger partial charge in [-0.05, 0) is 61.3 Å². The van der Waals surface area contributed by atoms with E-state index in [0.29, 0.717) is 12.1 Å². The monoisotopic (exact) mass is 339 g/mol. The average molecular weight is 339 g/mol. The van der Waals surface area contributed by atoms with E-state index in [1.165, 1.54) is 5.56 Å². The Morgan fingerprint density at radius 1 is 0.920 bits per heavy atom. The molecule has 25 heavy (non-hydrogen) atoms. The Kier molecular flexibility index (Phi) is 7.64. The molecule has 4 nitrogen and oxygen atoms in total. The van der Waals surface area contributed by atoms with Crippen LogP contribution < -0.4 is 11.1 Å². The van der Waals surface area contributed by atoms with Crippen LogP contribution in [0.3, 0.4) is 0 Å². The van der Waals surface area contributed by atoms with Crippen LogP contribution in [-0.2, 0) is 13.1 Å². The fourth-order valence-corrected chi connectivity index (χ4v) is 2.85. The second-order valence-electron chi connectivity index (χ2n) is 6.33. The van der Waals surface area contributed by atoms with Gasteiger partial charge in [0, 0.05) is 24.3 Å². The summed E-state index contributed by atoms with van der Waals surface area (Å²) >= 11 is 0. The zero-order chi connectivity index (χ0) is 18.1. The van der Waals surface area contributed by atoms with Gasteiger partial charge in [-0.1, -0.05) is 38.1 Å². The number of anilines is 1. The Balaban J connectivity index is 1.95. The summed E-state index contributed by atoms with van der Waals surface area (Å²) in [5.41, 5.74) is 9.32. The van der Waals surface area contributed by atoms with Crippen LogP contribution in [0.1, 0.15) is 48.2 Å². The fourth-order valence-electron chi connectivity index (χ4n) is 2.85. The minimum Gasteiger partial charge on any atom is -0.326 e. The summed E-state index contributed by atoms with van der Waals surface area (Å²) in [4.78, 5) is 14.8. The van der Waals surface area contributed by atoms with Gasteiger partial charge in [-0.25, -0.2) is 0 Å². The molecule has 0 aliphatic heterocycles. The van der Waals surface area contributed by atoms with E-state index in [4.69, 9.17) is 5.73 Å². The zero-order valence-corrected chi connectivity index (χ0v) is 15.3. The lowest BCUT2D eigenvalue weighted by atomic mass is 10.1. The molecule has 0 spiro atoms. The average Bonchev–Trinajstić information content (AvgIpc) is 2.64. The van der Waals surface area contributed by atoms with Gasteiger partial charge in [-0.3, -0.25) is 9.69 Å². The predicted octanol–water partition coefficient (Wildman–Crippen LogP) is 4.02. The van der Waals surface area contributed by atoms with Gasteiger partial charge < -0.3 is 11.1 Å². The van der Waals surface area contributed by atoms with Crippen LogP contribution in [0.15, 0.2) is 48.5 Å². The molecule has 0 radical (unpaired) electrons. The maximum absolute atomic E-state index is 12.3. The first-order valence-electron chi connectivity index (χ1n) is 9.08. The van der Waals surface area contributed by atoms with Crippen LogP contribution in [-0.4, -0.2) is 23.9 Å². The summed E-state index contributed by atoms with van der Waals surface area (Å²) < 4.78 is 0. The van der Waals surface area contributed by atoms with E-state index in [1.807, 2.05) is 24.3 Å². The highest BCUT2D eigenvalue weighted by Gasteiger charge is 2.07. The minimum atomic E-state index is -0.102. The normalized spacial score (nSPS) is 10.9. The van der Waals surface area contributed by atoms with Crippen molar-refractivity contribution in [3.63, 3.8) is 0 Å². The number of rotatable bonds is 9. The molecule has 1 amide bonds. The van der Waals surface area contributed by atoms with Crippen molar-refractivity contribution in [1.82, 2.24) is 4.90 Å². The third-order valence-corrected chi connectivity index (χ3v) is 4.15. The molecular weight excluding hydrogens is 310 g/mol. The lowest BCUT2D eigenvalue weighted by Crippen LogP contribution is -2.24. The number of nitrogens with one attached hydrogen (secondary N) is 1. The van der Waals surface area contributed by atoms with E-state index in [9.17, 15) is 4.79 Å². The van der Waals surface area contributed by atoms with Gasteiger partial charge in [0.2, 0.25) is 0 Å². The highest BCUT2D eigenvalue weighted by atomic mass is 16.1. The van der Waals surface area contributed by atoms with Crippen molar-refractivity contribution in [3.05, 3.63) is 65.2 Å². The van der Waals surface area contributed by atoms with E-state index in [1.54, 1.807) is 12.1 Å². The van der Waals surface area contributed by atoms with Crippen molar-refractivity contribution in [3.8, 4) is 0 Å². The van der Waals surface area contributed by atoms with E-state index >= 15 is 0 Å². The van der Waals surface area contributed by atoms with Crippen molar-refractivity contribution in [1.29, 1.82) is 0 Å². The second-order valence-corrected chi connectivity index (χ2v) is 6.33. The topological polar surface area (TPSA) is 58.4 Å². The summed E-state index contributed by atoms with van der Waals surface area (Å²) in [5, 5.41) is 2.94. The molecule has 3 N–H and O–H groups in total. The smallest absolute Gasteiger partial charge is 0.255 e. The summed E-state index contributed by atoms with van der Waals surface area (Å²) in [5.74, 6) is -0.102. The summed E-state index contributed by atoms with van der Waals surface area (Å²) in [6.45, 7) is 8.09. The fraction of sp³-hybridized carbons (Fsp3) is 0.381. The van der Waals surface area contributed by atoms with E-state index in [2.05, 4.69) is 36.2 Å². The Bertz CT molecular complexity index is 644. The summed E-state index contributed by atoms with van der Waals surface area (Å²) in [6, 6.07) is 15.5. The SMILES string of the molecule is CCCN(CCC)Cc1ccc(NC(=O)c2ccc(CN)cc2)cc1. The van der Waals surface area contributed by atoms with Gasteiger partial charge in [-0.15, -0.1) is 0 Å². The molecule has 0 atom stereocenters. The van der Waals surface area contributed by atoms with E-state index < -0.39 is 0 Å². The maximum atomic E-state index is 12.3. The highest BCUT2D eigenvalue weighted by molar-refractivity contribution is 6.04. The van der Waals surface area contributed by atoms with Gasteiger partial charge in [0.1, 0.15) is 0 Å². The number of carbonyl (C=O) groups is 1. The van der Waals surface area contributed by atoms with Crippen molar-refractivity contribution in [2.45, 2.75) is 39.8 Å². The second kappa shape index (κ2) is 9.97. The molecule has 0 aromatic heterocycles. The van der Waals surface area contributed by atoms with E-state index in [-0.39, 0.29) is 5.91 Å². The van der Waals surface area contributed by atoms with Crippen molar-refractivity contribution < 1.29 is 4.79 Å². The Hall–Kier alpha value is -2.17. The molecule has 0 fully saturated rings. The minimum absolute atomic E-state index is 0.102. The van der Waals surface area contributed by atoms with Gasteiger partial charge in [0.05, 0.1) is 0 Å². The molecule has 2 aromatic rings. The Morgan fingerprint density at radius 3 is 2.00 bits per heavy atom. The van der Waals surface area contributed by atoms with Crippen molar-refractivity contribution in [2.75, 3.05) is 18.4 Å². The Morgan fingerprint density at radius 2 is 1.48 bits per heavy atom. The molecule has 134 valence electrons. The van der Waals surface area contributed by atoms with Crippen LogP contribution in [0.4, 0.5) is 5.69 Å². The number of hydrogen-bond acceptors (Lipinski definition) is 3. The third kappa shape index (κ3) is 6.00. The lowest BCUT2D eigenvalue weighted by molar-refractivity contribution is 0.102. The first kappa shape index (κ1) is 19.2. The van der Waals surface area contributed by atoms with Crippen LogP contribution in [0.25, 0.3) is 0 Å². The standard InChI is InChI=1S/C21H29N3O/c1-3-13-24(14-4-2)16-18-7-11-20(12-8-18)23-21(25)19-9-5-17(15-22)6-10-19/h5-12H,3-4,13-16,22H2,1-2H3,(H,23,25). The van der Waals surface area contributed by atoms with Crippen LogP contribution in [0, 0.1) is 0 Å². The van der Waals surface area contributed by atoms with Crippen LogP contribution in [0.5, 0.6) is 0 Å². The Labute approximate surface area is 151 Å². The number of amides is 1. The number of nitrogens with zero attached hydrogens (tertiary/aromatic N) is 1. The number of carbonyl (C=O) groups excluding carboxylic acids is 1. The van der Waals surface area contributed by atoms with Gasteiger partial charge in [-0.2, -0.15) is 0 Å². The highest BCUT2D eigenvalue weighted by Crippen LogP contribution is 2.14. The van der Waals surface area contributed by atoms with Gasteiger partial charge in [0.25, 0.3) is 5.91 Å². The number of benzene rings is 2. The molecule has 0 heterocycles. The first-order chi connectivity index (χ1) is 12.2. The van der Waals surface area contributed by atoms with E-state index in [0.717, 1.165) is 43.7 Å². The summed E-state index contributed by atoms with van der Waals surface area (Å²) in [6.07, 6.45) is 2.33. The molecular formula is C21H29N3O. The first-order valence-corrected chi connectivity index (χ1v) is 9.08. The van der Waals surface area contributed by atoms with Gasteiger partial charge >= 0.3 is 0 Å². The molecule has 2 rings (SSSR count). The van der Waals surface area contributed by atoms with Crippen molar-refractivity contribution in [2.24, 2.45) is 5.73 Å². The largest absolute Gasteiger partial charge is 0.326 e. The maximum Gasteiger partial charge on any atom is 0.255 e. The zero-order valence-electron chi connectivity index (χ0n) is 15.3. The quantitative estimate of drug-likeness (QED) is 0.725. The number of nitrogens with two attached hydrogens (primary N) is 1. The number of hydrogen-bond donors (Lipinski definition) is 2. The molecule has 4 heteroatoms. The van der Waals surface area contributed by atoms with Crippen LogP contribution in [0.2, 0.25) is 0 Å². The van der Waals surface area contributed by atoms with Crippen LogP contribution >= 0.6 is 0 Å². The molecule has 0 saturated carbocycles. The van der Waals surface area contributed by atoms with Gasteiger partial charge in [0.15, 0.2) is 0 Å². The molecule has 0 aliphatic carbocycles. The third-order valence-electron chi connectivity index (χ3n) is 4.15. The summed E-state index contributed by atoms with van der Waals surface area (Å²) in [7, 11) is 0. The molecule has 0 aliphatic rings.